The highest BCUT2D eigenvalue weighted by atomic mass is 15.4. The van der Waals surface area contributed by atoms with Crippen molar-refractivity contribution in [3.63, 3.8) is 0 Å². The van der Waals surface area contributed by atoms with Crippen molar-refractivity contribution in [2.45, 2.75) is 19.8 Å². The number of nitrogens with one attached hydrogen (secondary N) is 1. The monoisotopic (exact) mass is 352 g/mol. The average molecular weight is 352 g/mol. The second-order valence-corrected chi connectivity index (χ2v) is 6.77. The maximum atomic E-state index is 4.47. The molecule has 1 atom stereocenters. The zero-order valence-electron chi connectivity index (χ0n) is 15.9. The minimum atomic E-state index is 0.436. The molecule has 1 unspecified atom stereocenters. The molecule has 1 saturated heterocycles. The third-order valence-corrected chi connectivity index (χ3v) is 4.80. The molecule has 1 aliphatic rings. The Morgan fingerprint density at radius 1 is 1.15 bits per heavy atom. The minimum Gasteiger partial charge on any atom is -0.356 e. The van der Waals surface area contributed by atoms with E-state index in [0.29, 0.717) is 5.92 Å². The fraction of sp³-hybridized carbons (Fsp3) is 0.450. The summed E-state index contributed by atoms with van der Waals surface area (Å²) in [5, 5.41) is 3.54. The largest absolute Gasteiger partial charge is 0.356 e. The Balaban J connectivity index is 1.52. The molecule has 1 aliphatic heterocycles. The molecule has 138 valence electrons. The smallest absolute Gasteiger partial charge is 0.225 e. The van der Waals surface area contributed by atoms with Gasteiger partial charge in [0.1, 0.15) is 0 Å². The number of hydrogen-bond donors (Lipinski definition) is 1. The van der Waals surface area contributed by atoms with Crippen molar-refractivity contribution in [3.8, 4) is 0 Å². The highest BCUT2D eigenvalue weighted by molar-refractivity contribution is 5.80. The number of aliphatic imine (C=N–C) groups is 1. The van der Waals surface area contributed by atoms with E-state index in [1.807, 2.05) is 13.1 Å². The topological polar surface area (TPSA) is 56.7 Å². The SMILES string of the molecule is CN=C(NCC(C)c1cccc(C)c1)N1CCN(c2ncccn2)CC1. The van der Waals surface area contributed by atoms with Gasteiger partial charge in [-0.05, 0) is 24.5 Å². The van der Waals surface area contributed by atoms with Crippen molar-refractivity contribution in [2.24, 2.45) is 4.99 Å². The Labute approximate surface area is 156 Å². The quantitative estimate of drug-likeness (QED) is 0.676. The summed E-state index contributed by atoms with van der Waals surface area (Å²) in [7, 11) is 1.85. The summed E-state index contributed by atoms with van der Waals surface area (Å²) in [5.74, 6) is 2.21. The number of hydrogen-bond acceptors (Lipinski definition) is 4. The van der Waals surface area contributed by atoms with Crippen LogP contribution in [-0.4, -0.2) is 60.6 Å². The second kappa shape index (κ2) is 8.65. The van der Waals surface area contributed by atoms with E-state index in [0.717, 1.165) is 44.6 Å². The van der Waals surface area contributed by atoms with E-state index < -0.39 is 0 Å². The van der Waals surface area contributed by atoms with Gasteiger partial charge in [-0.2, -0.15) is 0 Å². The number of anilines is 1. The van der Waals surface area contributed by atoms with Gasteiger partial charge in [0.15, 0.2) is 5.96 Å². The summed E-state index contributed by atoms with van der Waals surface area (Å²) < 4.78 is 0. The van der Waals surface area contributed by atoms with Crippen molar-refractivity contribution >= 4 is 11.9 Å². The summed E-state index contributed by atoms with van der Waals surface area (Å²) >= 11 is 0. The number of benzene rings is 1. The van der Waals surface area contributed by atoms with Gasteiger partial charge in [-0.15, -0.1) is 0 Å². The lowest BCUT2D eigenvalue weighted by atomic mass is 9.99. The molecular formula is C20H28N6. The molecule has 3 rings (SSSR count). The van der Waals surface area contributed by atoms with Crippen molar-refractivity contribution in [1.29, 1.82) is 0 Å². The summed E-state index contributed by atoms with van der Waals surface area (Å²) in [5.41, 5.74) is 2.66. The van der Waals surface area contributed by atoms with Gasteiger partial charge in [-0.1, -0.05) is 36.8 Å². The first-order valence-electron chi connectivity index (χ1n) is 9.21. The highest BCUT2D eigenvalue weighted by Crippen LogP contribution is 2.16. The molecule has 0 saturated carbocycles. The molecule has 0 bridgehead atoms. The van der Waals surface area contributed by atoms with E-state index in [1.54, 1.807) is 12.4 Å². The molecule has 1 fully saturated rings. The molecule has 0 aliphatic carbocycles. The third kappa shape index (κ3) is 4.50. The van der Waals surface area contributed by atoms with E-state index in [4.69, 9.17) is 0 Å². The molecule has 6 heteroatoms. The summed E-state index contributed by atoms with van der Waals surface area (Å²) in [6.07, 6.45) is 3.59. The molecule has 1 N–H and O–H groups in total. The minimum absolute atomic E-state index is 0.436. The average Bonchev–Trinajstić information content (AvgIpc) is 2.69. The fourth-order valence-electron chi connectivity index (χ4n) is 3.24. The first kappa shape index (κ1) is 18.2. The van der Waals surface area contributed by atoms with Gasteiger partial charge >= 0.3 is 0 Å². The zero-order valence-corrected chi connectivity index (χ0v) is 15.9. The van der Waals surface area contributed by atoms with Crippen LogP contribution in [0.25, 0.3) is 0 Å². The summed E-state index contributed by atoms with van der Waals surface area (Å²) in [6, 6.07) is 10.6. The first-order chi connectivity index (χ1) is 12.7. The van der Waals surface area contributed by atoms with Crippen LogP contribution >= 0.6 is 0 Å². The van der Waals surface area contributed by atoms with Crippen LogP contribution < -0.4 is 10.2 Å². The molecule has 0 amide bonds. The predicted octanol–water partition coefficient (Wildman–Crippen LogP) is 2.29. The Morgan fingerprint density at radius 3 is 2.54 bits per heavy atom. The van der Waals surface area contributed by atoms with Gasteiger partial charge < -0.3 is 15.1 Å². The van der Waals surface area contributed by atoms with Gasteiger partial charge in [0.25, 0.3) is 0 Å². The van der Waals surface area contributed by atoms with E-state index in [1.165, 1.54) is 11.1 Å². The Bertz CT molecular complexity index is 722. The Morgan fingerprint density at radius 2 is 1.88 bits per heavy atom. The highest BCUT2D eigenvalue weighted by Gasteiger charge is 2.21. The Hall–Kier alpha value is -2.63. The molecule has 1 aromatic carbocycles. The van der Waals surface area contributed by atoms with E-state index in [9.17, 15) is 0 Å². The van der Waals surface area contributed by atoms with Gasteiger partial charge in [0.2, 0.25) is 5.95 Å². The predicted molar refractivity (Wildman–Crippen MR) is 107 cm³/mol. The molecule has 2 heterocycles. The molecule has 0 spiro atoms. The van der Waals surface area contributed by atoms with Crippen LogP contribution in [0, 0.1) is 6.92 Å². The molecule has 2 aromatic rings. The molecule has 0 radical (unpaired) electrons. The zero-order chi connectivity index (χ0) is 18.4. The number of piperazine rings is 1. The molecule has 26 heavy (non-hydrogen) atoms. The van der Waals surface area contributed by atoms with Crippen LogP contribution in [0.5, 0.6) is 0 Å². The summed E-state index contributed by atoms with van der Waals surface area (Å²) in [6.45, 7) is 8.89. The van der Waals surface area contributed by atoms with E-state index >= 15 is 0 Å². The van der Waals surface area contributed by atoms with Crippen molar-refractivity contribution in [3.05, 3.63) is 53.9 Å². The number of rotatable bonds is 4. The number of aromatic nitrogens is 2. The first-order valence-corrected chi connectivity index (χ1v) is 9.21. The molecule has 6 nitrogen and oxygen atoms in total. The Kier molecular flexibility index (Phi) is 6.04. The van der Waals surface area contributed by atoms with E-state index in [2.05, 4.69) is 68.2 Å². The van der Waals surface area contributed by atoms with Crippen LogP contribution in [0.4, 0.5) is 5.95 Å². The van der Waals surface area contributed by atoms with Gasteiger partial charge in [0, 0.05) is 52.2 Å². The van der Waals surface area contributed by atoms with Gasteiger partial charge in [-0.3, -0.25) is 4.99 Å². The number of guanidine groups is 1. The van der Waals surface area contributed by atoms with Gasteiger partial charge in [-0.25, -0.2) is 9.97 Å². The van der Waals surface area contributed by atoms with Crippen LogP contribution in [0.1, 0.15) is 24.0 Å². The molecule has 1 aromatic heterocycles. The van der Waals surface area contributed by atoms with Gasteiger partial charge in [0.05, 0.1) is 0 Å². The summed E-state index contributed by atoms with van der Waals surface area (Å²) in [4.78, 5) is 17.7. The van der Waals surface area contributed by atoms with Crippen LogP contribution in [0.15, 0.2) is 47.7 Å². The van der Waals surface area contributed by atoms with Crippen LogP contribution in [0.3, 0.4) is 0 Å². The fourth-order valence-corrected chi connectivity index (χ4v) is 3.24. The van der Waals surface area contributed by atoms with Crippen LogP contribution in [0.2, 0.25) is 0 Å². The number of nitrogens with zero attached hydrogens (tertiary/aromatic N) is 5. The van der Waals surface area contributed by atoms with Crippen molar-refractivity contribution in [2.75, 3.05) is 44.7 Å². The van der Waals surface area contributed by atoms with Crippen LogP contribution in [-0.2, 0) is 0 Å². The normalized spacial score (nSPS) is 16.5. The maximum absolute atomic E-state index is 4.47. The standard InChI is InChI=1S/C20H28N6/c1-16-6-4-7-18(14-16)17(2)15-24-19(21-3)25-10-12-26(13-11-25)20-22-8-5-9-23-20/h4-9,14,17H,10-13,15H2,1-3H3,(H,21,24). The lowest BCUT2D eigenvalue weighted by Crippen LogP contribution is -2.53. The lowest BCUT2D eigenvalue weighted by molar-refractivity contribution is 0.369. The van der Waals surface area contributed by atoms with Crippen molar-refractivity contribution < 1.29 is 0 Å². The van der Waals surface area contributed by atoms with Crippen molar-refractivity contribution in [1.82, 2.24) is 20.2 Å². The molecular weight excluding hydrogens is 324 g/mol. The number of aryl methyl sites for hydroxylation is 1. The third-order valence-electron chi connectivity index (χ3n) is 4.80. The van der Waals surface area contributed by atoms with E-state index in [-0.39, 0.29) is 0 Å². The maximum Gasteiger partial charge on any atom is 0.225 e. The second-order valence-electron chi connectivity index (χ2n) is 6.77. The lowest BCUT2D eigenvalue weighted by Gasteiger charge is -2.36.